The minimum Gasteiger partial charge on any atom is -0.379 e. The lowest BCUT2D eigenvalue weighted by Gasteiger charge is -2.30. The molecule has 2 rings (SSSR count). The molecule has 1 aliphatic rings. The molecule has 1 aromatic carbocycles. The zero-order valence-electron chi connectivity index (χ0n) is 16.0. The maximum absolute atomic E-state index is 12.5. The quantitative estimate of drug-likeness (QED) is 0.757. The number of nitrogens with zero attached hydrogens (tertiary/aromatic N) is 2. The van der Waals surface area contributed by atoms with E-state index in [4.69, 9.17) is 4.74 Å². The molecule has 1 saturated heterocycles. The van der Waals surface area contributed by atoms with E-state index < -0.39 is 16.1 Å². The van der Waals surface area contributed by atoms with Crippen LogP contribution < -0.4 is 9.62 Å². The number of sulfonamides is 1. The first kappa shape index (κ1) is 20.7. The van der Waals surface area contributed by atoms with Gasteiger partial charge in [-0.2, -0.15) is 0 Å². The van der Waals surface area contributed by atoms with Crippen LogP contribution in [0.4, 0.5) is 5.69 Å². The Morgan fingerprint density at radius 3 is 2.50 bits per heavy atom. The van der Waals surface area contributed by atoms with Crippen molar-refractivity contribution >= 4 is 21.6 Å². The molecule has 1 fully saturated rings. The van der Waals surface area contributed by atoms with E-state index in [1.807, 2.05) is 19.9 Å². The van der Waals surface area contributed by atoms with Gasteiger partial charge < -0.3 is 10.1 Å². The SMILES string of the molecule is Cc1ccc(N([C@@H](C)C(=O)NCCN2CCOCC2)S(C)(=O)=O)cc1C. The van der Waals surface area contributed by atoms with Crippen LogP contribution in [0.3, 0.4) is 0 Å². The van der Waals surface area contributed by atoms with E-state index >= 15 is 0 Å². The summed E-state index contributed by atoms with van der Waals surface area (Å²) in [5.74, 6) is -0.304. The predicted molar refractivity (Wildman–Crippen MR) is 103 cm³/mol. The zero-order valence-corrected chi connectivity index (χ0v) is 16.8. The average molecular weight is 384 g/mol. The minimum atomic E-state index is -3.59. The molecule has 1 atom stereocenters. The molecule has 1 N–H and O–H groups in total. The summed E-state index contributed by atoms with van der Waals surface area (Å²) in [5.41, 5.74) is 2.56. The third-order valence-electron chi connectivity index (χ3n) is 4.66. The summed E-state index contributed by atoms with van der Waals surface area (Å²) in [6.07, 6.45) is 1.12. The van der Waals surface area contributed by atoms with Crippen molar-refractivity contribution in [3.05, 3.63) is 29.3 Å². The van der Waals surface area contributed by atoms with Gasteiger partial charge in [0, 0.05) is 26.2 Å². The first-order valence-corrected chi connectivity index (χ1v) is 10.7. The second-order valence-corrected chi connectivity index (χ2v) is 8.61. The average Bonchev–Trinajstić information content (AvgIpc) is 2.58. The Kier molecular flexibility index (Phi) is 7.02. The largest absolute Gasteiger partial charge is 0.379 e. The molecule has 1 amide bonds. The first-order valence-electron chi connectivity index (χ1n) is 8.84. The molecular weight excluding hydrogens is 354 g/mol. The van der Waals surface area contributed by atoms with Gasteiger partial charge in [0.2, 0.25) is 15.9 Å². The third-order valence-corrected chi connectivity index (χ3v) is 5.91. The van der Waals surface area contributed by atoms with E-state index in [0.29, 0.717) is 25.4 Å². The lowest BCUT2D eigenvalue weighted by molar-refractivity contribution is -0.121. The van der Waals surface area contributed by atoms with Crippen LogP contribution in [-0.2, 0) is 19.6 Å². The van der Waals surface area contributed by atoms with Gasteiger partial charge in [-0.15, -0.1) is 0 Å². The van der Waals surface area contributed by atoms with E-state index in [2.05, 4.69) is 10.2 Å². The highest BCUT2D eigenvalue weighted by atomic mass is 32.2. The van der Waals surface area contributed by atoms with Crippen molar-refractivity contribution in [1.82, 2.24) is 10.2 Å². The maximum Gasteiger partial charge on any atom is 0.243 e. The van der Waals surface area contributed by atoms with Gasteiger partial charge in [-0.05, 0) is 44.0 Å². The summed E-state index contributed by atoms with van der Waals surface area (Å²) >= 11 is 0. The van der Waals surface area contributed by atoms with Gasteiger partial charge >= 0.3 is 0 Å². The van der Waals surface area contributed by atoms with Gasteiger partial charge in [0.1, 0.15) is 6.04 Å². The molecule has 7 nitrogen and oxygen atoms in total. The zero-order chi connectivity index (χ0) is 19.3. The molecule has 1 aromatic rings. The van der Waals surface area contributed by atoms with Crippen molar-refractivity contribution in [2.75, 3.05) is 50.0 Å². The Morgan fingerprint density at radius 2 is 1.92 bits per heavy atom. The second-order valence-electron chi connectivity index (χ2n) is 6.75. The van der Waals surface area contributed by atoms with E-state index in [0.717, 1.165) is 37.0 Å². The number of rotatable bonds is 7. The van der Waals surface area contributed by atoms with Gasteiger partial charge in [-0.3, -0.25) is 14.0 Å². The van der Waals surface area contributed by atoms with Crippen LogP contribution in [0.15, 0.2) is 18.2 Å². The Labute approximate surface area is 156 Å². The second kappa shape index (κ2) is 8.83. The van der Waals surface area contributed by atoms with Crippen LogP contribution in [0.5, 0.6) is 0 Å². The summed E-state index contributed by atoms with van der Waals surface area (Å²) in [7, 11) is -3.59. The third kappa shape index (κ3) is 5.43. The molecule has 1 aliphatic heterocycles. The number of carbonyl (C=O) groups is 1. The van der Waals surface area contributed by atoms with Crippen LogP contribution in [0.2, 0.25) is 0 Å². The highest BCUT2D eigenvalue weighted by molar-refractivity contribution is 7.92. The van der Waals surface area contributed by atoms with Crippen molar-refractivity contribution in [3.8, 4) is 0 Å². The summed E-state index contributed by atoms with van der Waals surface area (Å²) in [4.78, 5) is 14.8. The maximum atomic E-state index is 12.5. The van der Waals surface area contributed by atoms with E-state index in [1.165, 1.54) is 4.31 Å². The fraction of sp³-hybridized carbons (Fsp3) is 0.611. The number of hydrogen-bond donors (Lipinski definition) is 1. The molecule has 26 heavy (non-hydrogen) atoms. The highest BCUT2D eigenvalue weighted by Crippen LogP contribution is 2.23. The number of ether oxygens (including phenoxy) is 1. The highest BCUT2D eigenvalue weighted by Gasteiger charge is 2.29. The predicted octanol–water partition coefficient (Wildman–Crippen LogP) is 0.906. The summed E-state index contributed by atoms with van der Waals surface area (Å²) < 4.78 is 31.1. The molecule has 0 aromatic heterocycles. The molecule has 0 unspecified atom stereocenters. The summed E-state index contributed by atoms with van der Waals surface area (Å²) in [5, 5.41) is 2.85. The molecule has 0 aliphatic carbocycles. The first-order chi connectivity index (χ1) is 12.2. The molecule has 8 heteroatoms. The monoisotopic (exact) mass is 383 g/mol. The fourth-order valence-electron chi connectivity index (χ4n) is 2.98. The van der Waals surface area contributed by atoms with Crippen molar-refractivity contribution in [2.45, 2.75) is 26.8 Å². The molecule has 146 valence electrons. The molecular formula is C18H29N3O4S. The number of benzene rings is 1. The Morgan fingerprint density at radius 1 is 1.27 bits per heavy atom. The van der Waals surface area contributed by atoms with Gasteiger partial charge in [0.15, 0.2) is 0 Å². The Hall–Kier alpha value is -1.64. The molecule has 0 saturated carbocycles. The van der Waals surface area contributed by atoms with Crippen LogP contribution in [0.1, 0.15) is 18.1 Å². The Balaban J connectivity index is 2.04. The number of nitrogens with one attached hydrogen (secondary N) is 1. The lowest BCUT2D eigenvalue weighted by atomic mass is 10.1. The van der Waals surface area contributed by atoms with Gasteiger partial charge in [-0.1, -0.05) is 6.07 Å². The Bertz CT molecular complexity index is 730. The van der Waals surface area contributed by atoms with E-state index in [-0.39, 0.29) is 5.91 Å². The topological polar surface area (TPSA) is 79.0 Å². The van der Waals surface area contributed by atoms with E-state index in [1.54, 1.807) is 19.1 Å². The van der Waals surface area contributed by atoms with Crippen molar-refractivity contribution in [1.29, 1.82) is 0 Å². The van der Waals surface area contributed by atoms with Crippen molar-refractivity contribution in [3.63, 3.8) is 0 Å². The van der Waals surface area contributed by atoms with Gasteiger partial charge in [0.25, 0.3) is 0 Å². The normalized spacial score (nSPS) is 16.9. The molecule has 0 radical (unpaired) electrons. The molecule has 0 spiro atoms. The van der Waals surface area contributed by atoms with Crippen LogP contribution in [0.25, 0.3) is 0 Å². The lowest BCUT2D eigenvalue weighted by Crippen LogP contribution is -2.49. The molecule has 0 bridgehead atoms. The smallest absolute Gasteiger partial charge is 0.243 e. The van der Waals surface area contributed by atoms with Crippen molar-refractivity contribution in [2.24, 2.45) is 0 Å². The van der Waals surface area contributed by atoms with Crippen LogP contribution in [0, 0.1) is 13.8 Å². The van der Waals surface area contributed by atoms with Crippen LogP contribution in [-0.4, -0.2) is 70.9 Å². The molecule has 1 heterocycles. The number of amides is 1. The van der Waals surface area contributed by atoms with Crippen molar-refractivity contribution < 1.29 is 17.9 Å². The van der Waals surface area contributed by atoms with Gasteiger partial charge in [0.05, 0.1) is 25.2 Å². The number of anilines is 1. The fourth-order valence-corrected chi connectivity index (χ4v) is 4.15. The number of morpholine rings is 1. The standard InChI is InChI=1S/C18H29N3O4S/c1-14-5-6-17(13-15(14)2)21(26(4,23)24)16(3)18(22)19-7-8-20-9-11-25-12-10-20/h5-6,13,16H,7-12H2,1-4H3,(H,19,22)/t16-/m0/s1. The number of hydrogen-bond acceptors (Lipinski definition) is 5. The number of aryl methyl sites for hydroxylation is 2. The number of carbonyl (C=O) groups excluding carboxylic acids is 1. The summed E-state index contributed by atoms with van der Waals surface area (Å²) in [6, 6.07) is 4.58. The summed E-state index contributed by atoms with van der Waals surface area (Å²) in [6.45, 7) is 9.82. The van der Waals surface area contributed by atoms with E-state index in [9.17, 15) is 13.2 Å². The van der Waals surface area contributed by atoms with Gasteiger partial charge in [-0.25, -0.2) is 8.42 Å². The van der Waals surface area contributed by atoms with Crippen LogP contribution >= 0.6 is 0 Å². The minimum absolute atomic E-state index is 0.304.